The zero-order chi connectivity index (χ0) is 13.1. The third-order valence-electron chi connectivity index (χ3n) is 4.90. The molecule has 0 bridgehead atoms. The molecular formula is C15H29ClN2O. The van der Waals surface area contributed by atoms with Crippen LogP contribution in [0.3, 0.4) is 0 Å². The molecule has 1 aliphatic heterocycles. The van der Waals surface area contributed by atoms with Crippen molar-refractivity contribution in [2.45, 2.75) is 58.4 Å². The van der Waals surface area contributed by atoms with E-state index in [1.54, 1.807) is 0 Å². The Hall–Kier alpha value is -0.280. The number of nitrogens with zero attached hydrogens (tertiary/aromatic N) is 1. The van der Waals surface area contributed by atoms with E-state index in [0.29, 0.717) is 17.7 Å². The summed E-state index contributed by atoms with van der Waals surface area (Å²) in [4.78, 5) is 14.3. The number of hydrogen-bond acceptors (Lipinski definition) is 2. The van der Waals surface area contributed by atoms with E-state index in [4.69, 9.17) is 5.73 Å². The number of hydrogen-bond donors (Lipinski definition) is 1. The first kappa shape index (κ1) is 16.8. The average molecular weight is 289 g/mol. The van der Waals surface area contributed by atoms with Gasteiger partial charge in [0.05, 0.1) is 0 Å². The van der Waals surface area contributed by atoms with Crippen LogP contribution in [0, 0.1) is 17.8 Å². The topological polar surface area (TPSA) is 46.3 Å². The maximum atomic E-state index is 12.2. The van der Waals surface area contributed by atoms with E-state index in [9.17, 15) is 4.79 Å². The highest BCUT2D eigenvalue weighted by Crippen LogP contribution is 2.33. The molecule has 3 unspecified atom stereocenters. The van der Waals surface area contributed by atoms with Crippen molar-refractivity contribution in [3.8, 4) is 0 Å². The molecule has 3 atom stereocenters. The van der Waals surface area contributed by atoms with Gasteiger partial charge in [-0.25, -0.2) is 0 Å². The van der Waals surface area contributed by atoms with Crippen LogP contribution in [0.2, 0.25) is 0 Å². The molecule has 2 fully saturated rings. The summed E-state index contributed by atoms with van der Waals surface area (Å²) in [7, 11) is 0. The third kappa shape index (κ3) is 4.64. The van der Waals surface area contributed by atoms with E-state index >= 15 is 0 Å². The molecule has 0 aromatic heterocycles. The molecule has 1 saturated heterocycles. The normalized spacial score (nSPS) is 29.9. The predicted molar refractivity (Wildman–Crippen MR) is 81.3 cm³/mol. The number of amides is 1. The summed E-state index contributed by atoms with van der Waals surface area (Å²) in [6.45, 7) is 6.24. The Balaban J connectivity index is 0.00000180. The monoisotopic (exact) mass is 288 g/mol. The first-order valence-corrected chi connectivity index (χ1v) is 7.59. The highest BCUT2D eigenvalue weighted by molar-refractivity contribution is 5.85. The fraction of sp³-hybridized carbons (Fsp3) is 0.933. The van der Waals surface area contributed by atoms with Crippen LogP contribution in [-0.4, -0.2) is 29.9 Å². The smallest absolute Gasteiger partial charge is 0.222 e. The van der Waals surface area contributed by atoms with Crippen LogP contribution in [0.4, 0.5) is 0 Å². The number of nitrogens with two attached hydrogens (primary N) is 1. The lowest BCUT2D eigenvalue weighted by Gasteiger charge is -2.34. The van der Waals surface area contributed by atoms with Crippen molar-refractivity contribution in [2.24, 2.45) is 23.5 Å². The number of rotatable bonds is 3. The Labute approximate surface area is 123 Å². The highest BCUT2D eigenvalue weighted by atomic mass is 35.5. The molecule has 112 valence electrons. The molecule has 4 heteroatoms. The second kappa shape index (κ2) is 7.49. The molecule has 1 aliphatic carbocycles. The number of piperidine rings is 1. The summed E-state index contributed by atoms with van der Waals surface area (Å²) in [5.74, 6) is 2.48. The molecule has 2 aliphatic rings. The van der Waals surface area contributed by atoms with Gasteiger partial charge < -0.3 is 10.6 Å². The lowest BCUT2D eigenvalue weighted by Crippen LogP contribution is -2.42. The first-order chi connectivity index (χ1) is 8.56. The van der Waals surface area contributed by atoms with Crippen LogP contribution < -0.4 is 5.73 Å². The van der Waals surface area contributed by atoms with Crippen molar-refractivity contribution in [2.75, 3.05) is 13.1 Å². The summed E-state index contributed by atoms with van der Waals surface area (Å²) >= 11 is 0. The number of halogens is 1. The van der Waals surface area contributed by atoms with Crippen molar-refractivity contribution >= 4 is 18.3 Å². The van der Waals surface area contributed by atoms with E-state index in [2.05, 4.69) is 18.7 Å². The first-order valence-electron chi connectivity index (χ1n) is 7.59. The largest absolute Gasteiger partial charge is 0.343 e. The minimum absolute atomic E-state index is 0. The summed E-state index contributed by atoms with van der Waals surface area (Å²) in [6.07, 6.45) is 6.78. The van der Waals surface area contributed by atoms with Gasteiger partial charge in [-0.15, -0.1) is 12.4 Å². The van der Waals surface area contributed by atoms with Gasteiger partial charge in [0, 0.05) is 25.6 Å². The van der Waals surface area contributed by atoms with Crippen LogP contribution >= 0.6 is 12.4 Å². The molecule has 0 radical (unpaired) electrons. The van der Waals surface area contributed by atoms with Gasteiger partial charge in [-0.3, -0.25) is 4.79 Å². The Morgan fingerprint density at radius 1 is 1.26 bits per heavy atom. The van der Waals surface area contributed by atoms with Gasteiger partial charge in [-0.2, -0.15) is 0 Å². The quantitative estimate of drug-likeness (QED) is 0.868. The summed E-state index contributed by atoms with van der Waals surface area (Å²) < 4.78 is 0. The molecule has 2 rings (SSSR count). The maximum absolute atomic E-state index is 12.2. The lowest BCUT2D eigenvalue weighted by atomic mass is 9.90. The van der Waals surface area contributed by atoms with E-state index in [-0.39, 0.29) is 18.4 Å². The van der Waals surface area contributed by atoms with Crippen LogP contribution in [0.25, 0.3) is 0 Å². The molecule has 3 nitrogen and oxygen atoms in total. The van der Waals surface area contributed by atoms with Crippen LogP contribution in [-0.2, 0) is 4.79 Å². The minimum Gasteiger partial charge on any atom is -0.343 e. The van der Waals surface area contributed by atoms with E-state index < -0.39 is 0 Å². The number of carbonyl (C=O) groups is 1. The molecule has 1 heterocycles. The van der Waals surface area contributed by atoms with Gasteiger partial charge >= 0.3 is 0 Å². The molecular weight excluding hydrogens is 260 g/mol. The standard InChI is InChI=1S/C15H28N2O.ClH/c1-11-3-4-13(9-11)10-15(18)17-7-5-14(6-8-17)12(2)16;/h11-14H,3-10,16H2,1-2H3;1H. The highest BCUT2D eigenvalue weighted by Gasteiger charge is 2.28. The van der Waals surface area contributed by atoms with Gasteiger partial charge in [0.25, 0.3) is 0 Å². The maximum Gasteiger partial charge on any atom is 0.222 e. The molecule has 19 heavy (non-hydrogen) atoms. The Morgan fingerprint density at radius 3 is 2.37 bits per heavy atom. The fourth-order valence-corrected chi connectivity index (χ4v) is 3.56. The van der Waals surface area contributed by atoms with Crippen molar-refractivity contribution in [1.29, 1.82) is 0 Å². The molecule has 2 N–H and O–H groups in total. The average Bonchev–Trinajstić information content (AvgIpc) is 2.75. The number of likely N-dealkylation sites (tertiary alicyclic amines) is 1. The third-order valence-corrected chi connectivity index (χ3v) is 4.90. The minimum atomic E-state index is 0. The van der Waals surface area contributed by atoms with E-state index in [1.807, 2.05) is 0 Å². The predicted octanol–water partition coefficient (Wildman–Crippen LogP) is 2.82. The Bertz CT molecular complexity index is 288. The van der Waals surface area contributed by atoms with Gasteiger partial charge in [0.2, 0.25) is 5.91 Å². The SMILES string of the molecule is CC1CCC(CC(=O)N2CCC(C(C)N)CC2)C1.Cl. The summed E-state index contributed by atoms with van der Waals surface area (Å²) in [5, 5.41) is 0. The van der Waals surface area contributed by atoms with Gasteiger partial charge in [0.1, 0.15) is 0 Å². The fourth-order valence-electron chi connectivity index (χ4n) is 3.56. The molecule has 0 aromatic rings. The zero-order valence-electron chi connectivity index (χ0n) is 12.3. The van der Waals surface area contributed by atoms with Crippen molar-refractivity contribution < 1.29 is 4.79 Å². The van der Waals surface area contributed by atoms with Crippen molar-refractivity contribution in [1.82, 2.24) is 4.90 Å². The van der Waals surface area contributed by atoms with Gasteiger partial charge in [0.15, 0.2) is 0 Å². The second-order valence-corrected chi connectivity index (χ2v) is 6.57. The lowest BCUT2D eigenvalue weighted by molar-refractivity contribution is -0.133. The second-order valence-electron chi connectivity index (χ2n) is 6.57. The van der Waals surface area contributed by atoms with Gasteiger partial charge in [-0.1, -0.05) is 13.3 Å². The van der Waals surface area contributed by atoms with E-state index in [0.717, 1.165) is 38.3 Å². The van der Waals surface area contributed by atoms with Crippen molar-refractivity contribution in [3.05, 3.63) is 0 Å². The zero-order valence-corrected chi connectivity index (χ0v) is 13.1. The van der Waals surface area contributed by atoms with Crippen LogP contribution in [0.5, 0.6) is 0 Å². The summed E-state index contributed by atoms with van der Waals surface area (Å²) in [5.41, 5.74) is 5.93. The van der Waals surface area contributed by atoms with Crippen molar-refractivity contribution in [3.63, 3.8) is 0 Å². The molecule has 1 amide bonds. The van der Waals surface area contributed by atoms with Crippen LogP contribution in [0.1, 0.15) is 52.4 Å². The number of carbonyl (C=O) groups excluding carboxylic acids is 1. The summed E-state index contributed by atoms with van der Waals surface area (Å²) in [6, 6.07) is 0.276. The molecule has 1 saturated carbocycles. The van der Waals surface area contributed by atoms with Gasteiger partial charge in [-0.05, 0) is 50.4 Å². The molecule has 0 spiro atoms. The Kier molecular flexibility index (Phi) is 6.61. The Morgan fingerprint density at radius 2 is 1.89 bits per heavy atom. The van der Waals surface area contributed by atoms with Crippen LogP contribution in [0.15, 0.2) is 0 Å². The van der Waals surface area contributed by atoms with E-state index in [1.165, 1.54) is 19.3 Å². The molecule has 0 aromatic carbocycles.